The molecular weight excluding hydrogens is 276 g/mol. The lowest BCUT2D eigenvalue weighted by Gasteiger charge is -2.50. The highest BCUT2D eigenvalue weighted by Crippen LogP contribution is 2.54. The monoisotopic (exact) mass is 306 g/mol. The van der Waals surface area contributed by atoms with Crippen LogP contribution < -0.4 is 0 Å². The van der Waals surface area contributed by atoms with Crippen molar-refractivity contribution < 1.29 is 0 Å². The standard InChI is InChI=1S/C23H30/c1-17-6-10-20(11-7-17)23(21-12-8-18(2)9-13-21)16-22(4,5)15-14-19(23)3/h6-13,19H,14-16H2,1-5H3. The van der Waals surface area contributed by atoms with Crippen LogP contribution in [0.15, 0.2) is 48.5 Å². The van der Waals surface area contributed by atoms with Crippen LogP contribution in [0.4, 0.5) is 0 Å². The van der Waals surface area contributed by atoms with E-state index < -0.39 is 0 Å². The number of benzene rings is 2. The Morgan fingerprint density at radius 3 is 1.65 bits per heavy atom. The summed E-state index contributed by atoms with van der Waals surface area (Å²) < 4.78 is 0. The number of hydrogen-bond acceptors (Lipinski definition) is 0. The average molecular weight is 306 g/mol. The van der Waals surface area contributed by atoms with Gasteiger partial charge in [0.05, 0.1) is 0 Å². The Labute approximate surface area is 141 Å². The lowest BCUT2D eigenvalue weighted by atomic mass is 9.53. The van der Waals surface area contributed by atoms with Gasteiger partial charge in [-0.2, -0.15) is 0 Å². The van der Waals surface area contributed by atoms with Gasteiger partial charge in [-0.15, -0.1) is 0 Å². The predicted octanol–water partition coefficient (Wildman–Crippen LogP) is 6.44. The maximum atomic E-state index is 2.45. The molecule has 0 nitrogen and oxygen atoms in total. The zero-order valence-corrected chi connectivity index (χ0v) is 15.3. The molecule has 0 spiro atoms. The summed E-state index contributed by atoms with van der Waals surface area (Å²) in [7, 11) is 0. The van der Waals surface area contributed by atoms with Crippen molar-refractivity contribution >= 4 is 0 Å². The first kappa shape index (κ1) is 16.3. The van der Waals surface area contributed by atoms with Gasteiger partial charge in [0.1, 0.15) is 0 Å². The summed E-state index contributed by atoms with van der Waals surface area (Å²) in [5, 5.41) is 0. The fourth-order valence-electron chi connectivity index (χ4n) is 4.51. The van der Waals surface area contributed by atoms with E-state index in [2.05, 4.69) is 83.1 Å². The fourth-order valence-corrected chi connectivity index (χ4v) is 4.51. The van der Waals surface area contributed by atoms with Gasteiger partial charge in [-0.1, -0.05) is 80.4 Å². The first-order valence-electron chi connectivity index (χ1n) is 8.98. The first-order chi connectivity index (χ1) is 10.8. The van der Waals surface area contributed by atoms with Crippen molar-refractivity contribution in [1.29, 1.82) is 0 Å². The molecule has 2 aromatic carbocycles. The third-order valence-electron chi connectivity index (χ3n) is 5.99. The molecule has 0 N–H and O–H groups in total. The van der Waals surface area contributed by atoms with Crippen molar-refractivity contribution in [3.05, 3.63) is 70.8 Å². The molecular formula is C23H30. The van der Waals surface area contributed by atoms with Crippen LogP contribution in [0.1, 0.15) is 62.3 Å². The minimum Gasteiger partial charge on any atom is -0.0613 e. The van der Waals surface area contributed by atoms with Crippen LogP contribution in [0, 0.1) is 25.2 Å². The molecule has 0 bridgehead atoms. The number of aryl methyl sites for hydroxylation is 2. The lowest BCUT2D eigenvalue weighted by Crippen LogP contribution is -2.43. The van der Waals surface area contributed by atoms with E-state index in [1.54, 1.807) is 0 Å². The molecule has 1 aliphatic carbocycles. The Kier molecular flexibility index (Phi) is 4.12. The molecule has 2 aromatic rings. The van der Waals surface area contributed by atoms with E-state index in [9.17, 15) is 0 Å². The normalized spacial score (nSPS) is 22.7. The molecule has 122 valence electrons. The highest BCUT2D eigenvalue weighted by molar-refractivity contribution is 5.43. The molecule has 1 fully saturated rings. The summed E-state index contributed by atoms with van der Waals surface area (Å²) in [5.41, 5.74) is 6.20. The molecule has 1 aliphatic rings. The molecule has 23 heavy (non-hydrogen) atoms. The van der Waals surface area contributed by atoms with Crippen molar-refractivity contribution in [1.82, 2.24) is 0 Å². The van der Waals surface area contributed by atoms with E-state index in [-0.39, 0.29) is 5.41 Å². The smallest absolute Gasteiger partial charge is 0.0233 e. The van der Waals surface area contributed by atoms with Crippen molar-refractivity contribution in [2.45, 2.75) is 59.3 Å². The SMILES string of the molecule is Cc1ccc(C2(c3ccc(C)cc3)CC(C)(C)CCC2C)cc1. The van der Waals surface area contributed by atoms with Gasteiger partial charge in [-0.3, -0.25) is 0 Å². The van der Waals surface area contributed by atoms with Gasteiger partial charge in [-0.05, 0) is 55.6 Å². The van der Waals surface area contributed by atoms with Crippen LogP contribution in [-0.2, 0) is 5.41 Å². The summed E-state index contributed by atoms with van der Waals surface area (Å²) in [6, 6.07) is 18.6. The van der Waals surface area contributed by atoms with Crippen molar-refractivity contribution in [3.8, 4) is 0 Å². The third-order valence-corrected chi connectivity index (χ3v) is 5.99. The summed E-state index contributed by atoms with van der Waals surface area (Å²) in [6.45, 7) is 11.7. The molecule has 1 atom stereocenters. The number of hydrogen-bond donors (Lipinski definition) is 0. The third kappa shape index (κ3) is 2.96. The van der Waals surface area contributed by atoms with E-state index in [0.29, 0.717) is 11.3 Å². The summed E-state index contributed by atoms with van der Waals surface area (Å²) in [5.74, 6) is 0.668. The summed E-state index contributed by atoms with van der Waals surface area (Å²) in [4.78, 5) is 0. The minimum atomic E-state index is 0.142. The molecule has 0 saturated heterocycles. The molecule has 0 radical (unpaired) electrons. The van der Waals surface area contributed by atoms with Gasteiger partial charge < -0.3 is 0 Å². The maximum Gasteiger partial charge on any atom is 0.0233 e. The molecule has 1 unspecified atom stereocenters. The molecule has 0 aromatic heterocycles. The largest absolute Gasteiger partial charge is 0.0613 e. The topological polar surface area (TPSA) is 0 Å². The van der Waals surface area contributed by atoms with Gasteiger partial charge in [-0.25, -0.2) is 0 Å². The maximum absolute atomic E-state index is 2.45. The average Bonchev–Trinajstić information content (AvgIpc) is 2.51. The highest BCUT2D eigenvalue weighted by Gasteiger charge is 2.46. The van der Waals surface area contributed by atoms with Crippen LogP contribution in [-0.4, -0.2) is 0 Å². The summed E-state index contributed by atoms with van der Waals surface area (Å²) >= 11 is 0. The Morgan fingerprint density at radius 1 is 0.783 bits per heavy atom. The first-order valence-corrected chi connectivity index (χ1v) is 8.98. The van der Waals surface area contributed by atoms with Crippen LogP contribution >= 0.6 is 0 Å². The number of rotatable bonds is 2. The Morgan fingerprint density at radius 2 is 1.22 bits per heavy atom. The predicted molar refractivity (Wildman–Crippen MR) is 99.9 cm³/mol. The Hall–Kier alpha value is -1.56. The second kappa shape index (κ2) is 5.82. The van der Waals surface area contributed by atoms with Crippen molar-refractivity contribution in [3.63, 3.8) is 0 Å². The molecule has 1 saturated carbocycles. The van der Waals surface area contributed by atoms with Crippen LogP contribution in [0.5, 0.6) is 0 Å². The van der Waals surface area contributed by atoms with Gasteiger partial charge in [0.25, 0.3) is 0 Å². The van der Waals surface area contributed by atoms with Gasteiger partial charge in [0.2, 0.25) is 0 Å². The molecule has 0 heteroatoms. The van der Waals surface area contributed by atoms with Crippen LogP contribution in [0.2, 0.25) is 0 Å². The van der Waals surface area contributed by atoms with Crippen LogP contribution in [0.3, 0.4) is 0 Å². The Bertz CT molecular complexity index is 613. The van der Waals surface area contributed by atoms with Crippen LogP contribution in [0.25, 0.3) is 0 Å². The van der Waals surface area contributed by atoms with Crippen molar-refractivity contribution in [2.24, 2.45) is 11.3 Å². The second-order valence-electron chi connectivity index (χ2n) is 8.48. The zero-order valence-electron chi connectivity index (χ0n) is 15.3. The molecule has 0 amide bonds. The molecule has 3 rings (SSSR count). The fraction of sp³-hybridized carbons (Fsp3) is 0.478. The molecule has 0 aliphatic heterocycles. The lowest BCUT2D eigenvalue weighted by molar-refractivity contribution is 0.120. The highest BCUT2D eigenvalue weighted by atomic mass is 14.5. The van der Waals surface area contributed by atoms with E-state index >= 15 is 0 Å². The summed E-state index contributed by atoms with van der Waals surface area (Å²) in [6.07, 6.45) is 3.86. The quantitative estimate of drug-likeness (QED) is 0.599. The van der Waals surface area contributed by atoms with Crippen molar-refractivity contribution in [2.75, 3.05) is 0 Å². The van der Waals surface area contributed by atoms with E-state index in [4.69, 9.17) is 0 Å². The van der Waals surface area contributed by atoms with Gasteiger partial charge in [0.15, 0.2) is 0 Å². The second-order valence-corrected chi connectivity index (χ2v) is 8.48. The van der Waals surface area contributed by atoms with E-state index in [1.807, 2.05) is 0 Å². The van der Waals surface area contributed by atoms with Gasteiger partial charge in [0, 0.05) is 5.41 Å². The zero-order chi connectivity index (χ0) is 16.7. The molecule has 0 heterocycles. The van der Waals surface area contributed by atoms with Gasteiger partial charge >= 0.3 is 0 Å². The Balaban J connectivity index is 2.19. The van der Waals surface area contributed by atoms with E-state index in [1.165, 1.54) is 41.5 Å². The van der Waals surface area contributed by atoms with E-state index in [0.717, 1.165) is 0 Å². The minimum absolute atomic E-state index is 0.142.